The number of hydrogen-bond acceptors (Lipinski definition) is 4. The van der Waals surface area contributed by atoms with Crippen LogP contribution in [0.5, 0.6) is 11.5 Å². The normalized spacial score (nSPS) is 16.4. The van der Waals surface area contributed by atoms with Crippen LogP contribution in [0.4, 0.5) is 16.2 Å². The molecule has 3 amide bonds. The highest BCUT2D eigenvalue weighted by Crippen LogP contribution is 2.34. The van der Waals surface area contributed by atoms with Crippen LogP contribution in [0.25, 0.3) is 0 Å². The minimum atomic E-state index is -0.219. The summed E-state index contributed by atoms with van der Waals surface area (Å²) in [5.74, 6) is 1.24. The zero-order chi connectivity index (χ0) is 20.8. The zero-order valence-corrected chi connectivity index (χ0v) is 16.9. The fourth-order valence-corrected chi connectivity index (χ4v) is 3.90. The van der Waals surface area contributed by atoms with Gasteiger partial charge in [-0.25, -0.2) is 4.79 Å². The Kier molecular flexibility index (Phi) is 6.37. The monoisotopic (exact) mass is 409 g/mol. The molecule has 0 radical (unpaired) electrons. The molecular weight excluding hydrogens is 382 g/mol. The van der Waals surface area contributed by atoms with E-state index in [1.165, 1.54) is 6.42 Å². The summed E-state index contributed by atoms with van der Waals surface area (Å²) in [6.45, 7) is 0.740. The van der Waals surface area contributed by atoms with Crippen LogP contribution in [0, 0.1) is 0 Å². The number of carbonyl (C=O) groups is 2. The molecule has 2 aromatic carbocycles. The van der Waals surface area contributed by atoms with E-state index in [0.717, 1.165) is 31.4 Å². The second-order valence-electron chi connectivity index (χ2n) is 7.61. The number of anilines is 2. The van der Waals surface area contributed by atoms with Crippen LogP contribution in [0.1, 0.15) is 32.1 Å². The van der Waals surface area contributed by atoms with Gasteiger partial charge in [-0.15, -0.1) is 0 Å². The lowest BCUT2D eigenvalue weighted by Crippen LogP contribution is -2.41. The van der Waals surface area contributed by atoms with Crippen LogP contribution in [0.15, 0.2) is 48.5 Å². The molecule has 1 saturated carbocycles. The third-order valence-corrected chi connectivity index (χ3v) is 5.43. The lowest BCUT2D eigenvalue weighted by Gasteiger charge is -2.30. The van der Waals surface area contributed by atoms with Gasteiger partial charge in [-0.05, 0) is 43.2 Å². The summed E-state index contributed by atoms with van der Waals surface area (Å²) >= 11 is 0. The van der Waals surface area contributed by atoms with Crippen LogP contribution in [-0.4, -0.2) is 37.7 Å². The molecule has 7 nitrogen and oxygen atoms in total. The Balaban J connectivity index is 1.39. The first-order valence-electron chi connectivity index (χ1n) is 10.5. The Labute approximate surface area is 176 Å². The quantitative estimate of drug-likeness (QED) is 0.757. The first-order chi connectivity index (χ1) is 14.7. The van der Waals surface area contributed by atoms with Gasteiger partial charge in [0.15, 0.2) is 6.61 Å². The number of carbonyl (C=O) groups excluding carboxylic acids is 2. The number of hydrogen-bond donors (Lipinski definition) is 2. The van der Waals surface area contributed by atoms with Crippen molar-refractivity contribution in [2.45, 2.75) is 38.1 Å². The summed E-state index contributed by atoms with van der Waals surface area (Å²) in [7, 11) is 0. The molecule has 7 heteroatoms. The van der Waals surface area contributed by atoms with E-state index in [4.69, 9.17) is 9.47 Å². The first-order valence-corrected chi connectivity index (χ1v) is 10.5. The lowest BCUT2D eigenvalue weighted by atomic mass is 9.96. The fraction of sp³-hybridized carbons (Fsp3) is 0.391. The maximum absolute atomic E-state index is 12.4. The summed E-state index contributed by atoms with van der Waals surface area (Å²) < 4.78 is 11.3. The van der Waals surface area contributed by atoms with Gasteiger partial charge in [0, 0.05) is 11.7 Å². The van der Waals surface area contributed by atoms with Gasteiger partial charge in [0.05, 0.1) is 12.2 Å². The van der Waals surface area contributed by atoms with Gasteiger partial charge in [-0.3, -0.25) is 4.79 Å². The molecule has 1 fully saturated rings. The SMILES string of the molecule is O=C(Nc1ccc2c(c1)N(CCOc1ccccc1)C(=O)CO2)NC1CCCCC1. The van der Waals surface area contributed by atoms with Crippen molar-refractivity contribution in [2.75, 3.05) is 30.0 Å². The molecule has 158 valence electrons. The summed E-state index contributed by atoms with van der Waals surface area (Å²) in [5, 5.41) is 5.92. The molecule has 0 aromatic heterocycles. The number of nitrogens with zero attached hydrogens (tertiary/aromatic N) is 1. The Hall–Kier alpha value is -3.22. The van der Waals surface area contributed by atoms with E-state index in [1.807, 2.05) is 30.3 Å². The Bertz CT molecular complexity index is 881. The van der Waals surface area contributed by atoms with Crippen molar-refractivity contribution in [3.63, 3.8) is 0 Å². The van der Waals surface area contributed by atoms with Crippen LogP contribution in [0.2, 0.25) is 0 Å². The summed E-state index contributed by atoms with van der Waals surface area (Å²) in [6, 6.07) is 14.8. The summed E-state index contributed by atoms with van der Waals surface area (Å²) in [6.07, 6.45) is 5.60. The lowest BCUT2D eigenvalue weighted by molar-refractivity contribution is -0.121. The predicted octanol–water partition coefficient (Wildman–Crippen LogP) is 3.95. The smallest absolute Gasteiger partial charge is 0.319 e. The van der Waals surface area contributed by atoms with E-state index in [0.29, 0.717) is 30.3 Å². The highest BCUT2D eigenvalue weighted by atomic mass is 16.5. The third kappa shape index (κ3) is 5.03. The number of urea groups is 1. The second-order valence-corrected chi connectivity index (χ2v) is 7.61. The summed E-state index contributed by atoms with van der Waals surface area (Å²) in [4.78, 5) is 26.5. The molecule has 2 N–H and O–H groups in total. The standard InChI is InChI=1S/C23H27N3O4/c27-22-16-30-21-12-11-18(25-23(28)24-17-7-3-1-4-8-17)15-20(21)26(22)13-14-29-19-9-5-2-6-10-19/h2,5-6,9-12,15,17H,1,3-4,7-8,13-14,16H2,(H2,24,25,28). The highest BCUT2D eigenvalue weighted by molar-refractivity contribution is 5.99. The van der Waals surface area contributed by atoms with Gasteiger partial charge in [-0.2, -0.15) is 0 Å². The van der Waals surface area contributed by atoms with Gasteiger partial charge in [-0.1, -0.05) is 37.5 Å². The molecule has 0 atom stereocenters. The molecule has 1 heterocycles. The van der Waals surface area contributed by atoms with Crippen molar-refractivity contribution in [3.05, 3.63) is 48.5 Å². The first kappa shape index (κ1) is 20.1. The van der Waals surface area contributed by atoms with E-state index in [1.54, 1.807) is 23.1 Å². The van der Waals surface area contributed by atoms with Crippen LogP contribution < -0.4 is 25.0 Å². The molecule has 0 saturated heterocycles. The molecule has 1 aliphatic heterocycles. The fourth-order valence-electron chi connectivity index (χ4n) is 3.90. The molecule has 0 bridgehead atoms. The van der Waals surface area contributed by atoms with E-state index < -0.39 is 0 Å². The number of amides is 3. The average molecular weight is 409 g/mol. The molecule has 2 aromatic rings. The molecule has 0 unspecified atom stereocenters. The minimum Gasteiger partial charge on any atom is -0.492 e. The predicted molar refractivity (Wildman–Crippen MR) is 115 cm³/mol. The number of benzene rings is 2. The van der Waals surface area contributed by atoms with Crippen LogP contribution in [0.3, 0.4) is 0 Å². The number of fused-ring (bicyclic) bond motifs is 1. The van der Waals surface area contributed by atoms with Crippen molar-refractivity contribution >= 4 is 23.3 Å². The van der Waals surface area contributed by atoms with E-state index >= 15 is 0 Å². The van der Waals surface area contributed by atoms with Crippen molar-refractivity contribution in [3.8, 4) is 11.5 Å². The molecule has 30 heavy (non-hydrogen) atoms. The van der Waals surface area contributed by atoms with E-state index in [9.17, 15) is 9.59 Å². The van der Waals surface area contributed by atoms with E-state index in [2.05, 4.69) is 10.6 Å². The van der Waals surface area contributed by atoms with Gasteiger partial charge in [0.25, 0.3) is 5.91 Å². The average Bonchev–Trinajstić information content (AvgIpc) is 2.77. The molecule has 2 aliphatic rings. The Morgan fingerprint density at radius 2 is 1.90 bits per heavy atom. The van der Waals surface area contributed by atoms with E-state index in [-0.39, 0.29) is 24.6 Å². The van der Waals surface area contributed by atoms with Crippen molar-refractivity contribution in [1.82, 2.24) is 5.32 Å². The molecule has 1 aliphatic carbocycles. The van der Waals surface area contributed by atoms with Crippen LogP contribution >= 0.6 is 0 Å². The minimum absolute atomic E-state index is 0.00667. The van der Waals surface area contributed by atoms with Crippen molar-refractivity contribution in [1.29, 1.82) is 0 Å². The summed E-state index contributed by atoms with van der Waals surface area (Å²) in [5.41, 5.74) is 1.26. The maximum atomic E-state index is 12.4. The van der Waals surface area contributed by atoms with Gasteiger partial charge >= 0.3 is 6.03 Å². The number of para-hydroxylation sites is 1. The number of rotatable bonds is 6. The molecule has 4 rings (SSSR count). The third-order valence-electron chi connectivity index (χ3n) is 5.43. The molecular formula is C23H27N3O4. The highest BCUT2D eigenvalue weighted by Gasteiger charge is 2.26. The molecule has 0 spiro atoms. The van der Waals surface area contributed by atoms with Gasteiger partial charge in [0.1, 0.15) is 18.1 Å². The number of nitrogens with one attached hydrogen (secondary N) is 2. The second kappa shape index (κ2) is 9.52. The van der Waals surface area contributed by atoms with Crippen molar-refractivity contribution in [2.24, 2.45) is 0 Å². The number of ether oxygens (including phenoxy) is 2. The van der Waals surface area contributed by atoms with Gasteiger partial charge < -0.3 is 25.0 Å². The maximum Gasteiger partial charge on any atom is 0.319 e. The van der Waals surface area contributed by atoms with Crippen molar-refractivity contribution < 1.29 is 19.1 Å². The Morgan fingerprint density at radius 1 is 1.10 bits per heavy atom. The topological polar surface area (TPSA) is 79.9 Å². The zero-order valence-electron chi connectivity index (χ0n) is 16.9. The largest absolute Gasteiger partial charge is 0.492 e. The van der Waals surface area contributed by atoms with Gasteiger partial charge in [0.2, 0.25) is 0 Å². The van der Waals surface area contributed by atoms with Crippen LogP contribution in [-0.2, 0) is 4.79 Å². The Morgan fingerprint density at radius 3 is 2.70 bits per heavy atom.